The molecule has 0 bridgehead atoms. The van der Waals surface area contributed by atoms with E-state index in [1.54, 1.807) is 24.3 Å². The summed E-state index contributed by atoms with van der Waals surface area (Å²) in [6, 6.07) is 14.5. The number of esters is 1. The maximum absolute atomic E-state index is 12.1. The van der Waals surface area contributed by atoms with E-state index < -0.39 is 5.97 Å². The van der Waals surface area contributed by atoms with Gasteiger partial charge in [-0.2, -0.15) is 0 Å². The number of nitrogens with one attached hydrogen (secondary N) is 1. The van der Waals surface area contributed by atoms with Crippen molar-refractivity contribution in [1.82, 2.24) is 5.32 Å². The van der Waals surface area contributed by atoms with Crippen molar-refractivity contribution >= 4 is 11.9 Å². The van der Waals surface area contributed by atoms with E-state index >= 15 is 0 Å². The number of para-hydroxylation sites is 1. The quantitative estimate of drug-likeness (QED) is 0.552. The Hall–Kier alpha value is -3.02. The van der Waals surface area contributed by atoms with Crippen molar-refractivity contribution in [3.8, 4) is 11.5 Å². The van der Waals surface area contributed by atoms with Crippen LogP contribution < -0.4 is 14.8 Å². The van der Waals surface area contributed by atoms with Crippen LogP contribution in [-0.2, 0) is 9.53 Å². The summed E-state index contributed by atoms with van der Waals surface area (Å²) in [6.07, 6.45) is 0.0887. The summed E-state index contributed by atoms with van der Waals surface area (Å²) in [5.74, 6) is 0.535. The highest BCUT2D eigenvalue weighted by Gasteiger charge is 2.11. The van der Waals surface area contributed by atoms with Gasteiger partial charge in [0.25, 0.3) is 5.91 Å². The zero-order valence-corrected chi connectivity index (χ0v) is 15.0. The molecule has 0 aliphatic rings. The third-order valence-electron chi connectivity index (χ3n) is 3.60. The first kappa shape index (κ1) is 19.3. The number of methoxy groups -OCH3 is 1. The summed E-state index contributed by atoms with van der Waals surface area (Å²) in [4.78, 5) is 23.8. The van der Waals surface area contributed by atoms with Crippen molar-refractivity contribution in [2.24, 2.45) is 0 Å². The van der Waals surface area contributed by atoms with E-state index in [0.29, 0.717) is 11.3 Å². The van der Waals surface area contributed by atoms with E-state index in [4.69, 9.17) is 14.2 Å². The number of carbonyl (C=O) groups is 2. The molecule has 0 unspecified atom stereocenters. The fourth-order valence-electron chi connectivity index (χ4n) is 2.23. The SMILES string of the molecule is COc1ccccc1C(=O)NCCC(=O)OCCOc1ccc(C)cc1. The Morgan fingerprint density at radius 1 is 1.00 bits per heavy atom. The van der Waals surface area contributed by atoms with E-state index in [1.165, 1.54) is 7.11 Å². The Labute approximate surface area is 153 Å². The predicted octanol–water partition coefficient (Wildman–Crippen LogP) is 2.75. The molecule has 2 aromatic carbocycles. The van der Waals surface area contributed by atoms with Crippen molar-refractivity contribution in [1.29, 1.82) is 0 Å². The molecule has 2 aromatic rings. The van der Waals surface area contributed by atoms with Crippen molar-refractivity contribution in [3.63, 3.8) is 0 Å². The highest BCUT2D eigenvalue weighted by Crippen LogP contribution is 2.16. The molecule has 6 nitrogen and oxygen atoms in total. The summed E-state index contributed by atoms with van der Waals surface area (Å²) in [6.45, 7) is 2.63. The maximum atomic E-state index is 12.1. The Morgan fingerprint density at radius 3 is 2.46 bits per heavy atom. The predicted molar refractivity (Wildman–Crippen MR) is 97.6 cm³/mol. The van der Waals surface area contributed by atoms with Crippen LogP contribution in [0.25, 0.3) is 0 Å². The molecule has 1 N–H and O–H groups in total. The lowest BCUT2D eigenvalue weighted by Crippen LogP contribution is -2.27. The number of aryl methyl sites for hydroxylation is 1. The average Bonchev–Trinajstić information content (AvgIpc) is 2.66. The molecule has 0 radical (unpaired) electrons. The zero-order chi connectivity index (χ0) is 18.8. The first-order chi connectivity index (χ1) is 12.6. The van der Waals surface area contributed by atoms with Gasteiger partial charge < -0.3 is 19.5 Å². The van der Waals surface area contributed by atoms with Gasteiger partial charge in [-0.3, -0.25) is 9.59 Å². The van der Waals surface area contributed by atoms with Crippen LogP contribution in [0.5, 0.6) is 11.5 Å². The van der Waals surface area contributed by atoms with Crippen molar-refractivity contribution in [2.75, 3.05) is 26.9 Å². The second-order valence-corrected chi connectivity index (χ2v) is 5.59. The van der Waals surface area contributed by atoms with Crippen molar-refractivity contribution in [3.05, 3.63) is 59.7 Å². The molecule has 0 aliphatic carbocycles. The normalized spacial score (nSPS) is 10.1. The lowest BCUT2D eigenvalue weighted by Gasteiger charge is -2.09. The van der Waals surface area contributed by atoms with Gasteiger partial charge in [0.2, 0.25) is 0 Å². The van der Waals surface area contributed by atoms with E-state index in [9.17, 15) is 9.59 Å². The summed E-state index contributed by atoms with van der Waals surface area (Å²) >= 11 is 0. The number of hydrogen-bond donors (Lipinski definition) is 1. The summed E-state index contributed by atoms with van der Waals surface area (Å²) < 4.78 is 15.7. The van der Waals surface area contributed by atoms with Crippen LogP contribution in [0.2, 0.25) is 0 Å². The smallest absolute Gasteiger partial charge is 0.307 e. The van der Waals surface area contributed by atoms with Gasteiger partial charge in [0.1, 0.15) is 24.7 Å². The molecular formula is C20H23NO5. The number of carbonyl (C=O) groups excluding carboxylic acids is 2. The summed E-state index contributed by atoms with van der Waals surface area (Å²) in [5.41, 5.74) is 1.58. The lowest BCUT2D eigenvalue weighted by atomic mass is 10.2. The van der Waals surface area contributed by atoms with Gasteiger partial charge in [0.15, 0.2) is 0 Å². The van der Waals surface area contributed by atoms with E-state index in [2.05, 4.69) is 5.32 Å². The van der Waals surface area contributed by atoms with Crippen LogP contribution in [0.1, 0.15) is 22.3 Å². The summed E-state index contributed by atoms with van der Waals surface area (Å²) in [5, 5.41) is 2.68. The minimum Gasteiger partial charge on any atom is -0.496 e. The summed E-state index contributed by atoms with van der Waals surface area (Å²) in [7, 11) is 1.50. The number of hydrogen-bond acceptors (Lipinski definition) is 5. The van der Waals surface area contributed by atoms with Gasteiger partial charge >= 0.3 is 5.97 Å². The topological polar surface area (TPSA) is 73.9 Å². The molecule has 0 atom stereocenters. The molecule has 6 heteroatoms. The highest BCUT2D eigenvalue weighted by molar-refractivity contribution is 5.97. The lowest BCUT2D eigenvalue weighted by molar-refractivity contribution is -0.144. The van der Waals surface area contributed by atoms with Crippen LogP contribution in [0.4, 0.5) is 0 Å². The number of rotatable bonds is 9. The van der Waals surface area contributed by atoms with Gasteiger partial charge in [-0.05, 0) is 31.2 Å². The van der Waals surface area contributed by atoms with Crippen LogP contribution in [-0.4, -0.2) is 38.7 Å². The number of benzene rings is 2. The number of amides is 1. The van der Waals surface area contributed by atoms with Crippen LogP contribution in [0.3, 0.4) is 0 Å². The first-order valence-electron chi connectivity index (χ1n) is 8.36. The Bertz CT molecular complexity index is 727. The van der Waals surface area contributed by atoms with Crippen LogP contribution >= 0.6 is 0 Å². The molecule has 0 spiro atoms. The molecule has 0 aromatic heterocycles. The van der Waals surface area contributed by atoms with Gasteiger partial charge in [-0.1, -0.05) is 29.8 Å². The first-order valence-corrected chi connectivity index (χ1v) is 8.36. The third kappa shape index (κ3) is 6.12. The minimum absolute atomic E-state index is 0.0887. The fourth-order valence-corrected chi connectivity index (χ4v) is 2.23. The molecular weight excluding hydrogens is 334 g/mol. The van der Waals surface area contributed by atoms with Gasteiger partial charge in [-0.15, -0.1) is 0 Å². The molecule has 26 heavy (non-hydrogen) atoms. The van der Waals surface area contributed by atoms with Crippen molar-refractivity contribution < 1.29 is 23.8 Å². The third-order valence-corrected chi connectivity index (χ3v) is 3.60. The number of ether oxygens (including phenoxy) is 3. The van der Waals surface area contributed by atoms with Gasteiger partial charge in [0, 0.05) is 6.54 Å². The maximum Gasteiger partial charge on any atom is 0.307 e. The average molecular weight is 357 g/mol. The van der Waals surface area contributed by atoms with Crippen LogP contribution in [0.15, 0.2) is 48.5 Å². The molecule has 0 saturated heterocycles. The highest BCUT2D eigenvalue weighted by atomic mass is 16.6. The molecule has 0 heterocycles. The standard InChI is InChI=1S/C20H23NO5/c1-15-7-9-16(10-8-15)25-13-14-26-19(22)11-12-21-20(23)17-5-3-4-6-18(17)24-2/h3-10H,11-14H2,1-2H3,(H,21,23). The fraction of sp³-hybridized carbons (Fsp3) is 0.300. The zero-order valence-electron chi connectivity index (χ0n) is 15.0. The van der Waals surface area contributed by atoms with E-state index in [-0.39, 0.29) is 32.1 Å². The Balaban J connectivity index is 1.62. The van der Waals surface area contributed by atoms with Crippen LogP contribution in [0, 0.1) is 6.92 Å². The van der Waals surface area contributed by atoms with E-state index in [1.807, 2.05) is 31.2 Å². The van der Waals surface area contributed by atoms with E-state index in [0.717, 1.165) is 11.3 Å². The molecule has 0 aliphatic heterocycles. The molecule has 0 fully saturated rings. The Kier molecular flexibility index (Phi) is 7.49. The molecule has 2 rings (SSSR count). The molecule has 138 valence electrons. The van der Waals surface area contributed by atoms with Gasteiger partial charge in [0.05, 0.1) is 19.1 Å². The monoisotopic (exact) mass is 357 g/mol. The minimum atomic E-state index is -0.391. The van der Waals surface area contributed by atoms with Gasteiger partial charge in [-0.25, -0.2) is 0 Å². The second kappa shape index (κ2) is 10.1. The largest absolute Gasteiger partial charge is 0.496 e. The second-order valence-electron chi connectivity index (χ2n) is 5.59. The molecule has 1 amide bonds. The van der Waals surface area contributed by atoms with Crippen molar-refractivity contribution in [2.45, 2.75) is 13.3 Å². The Morgan fingerprint density at radius 2 is 1.73 bits per heavy atom. The molecule has 0 saturated carbocycles.